The molecule has 90 valence electrons. The highest BCUT2D eigenvalue weighted by Gasteiger charge is 2.42. The molecule has 0 unspecified atom stereocenters. The number of nitrogens with one attached hydrogen (secondary N) is 1. The van der Waals surface area contributed by atoms with E-state index in [0.717, 1.165) is 13.0 Å². The predicted molar refractivity (Wildman–Crippen MR) is 52.1 cm³/mol. The smallest absolute Gasteiger partial charge is 0.184 e. The predicted octanol–water partition coefficient (Wildman–Crippen LogP) is -2.21. The molecule has 1 aliphatic rings. The molecule has 1 fully saturated rings. The molecule has 1 rings (SSSR count). The first kappa shape index (κ1) is 12.8. The second-order valence-corrected chi connectivity index (χ2v) is 3.74. The van der Waals surface area contributed by atoms with Gasteiger partial charge in [0.15, 0.2) is 6.29 Å². The maximum atomic E-state index is 9.54. The Morgan fingerprint density at radius 3 is 2.33 bits per heavy atom. The fraction of sp³-hybridized carbons (Fsp3) is 1.00. The monoisotopic (exact) mass is 221 g/mol. The number of rotatable bonds is 4. The van der Waals surface area contributed by atoms with Crippen LogP contribution in [-0.2, 0) is 4.74 Å². The van der Waals surface area contributed by atoms with Crippen molar-refractivity contribution >= 4 is 0 Å². The first-order valence-corrected chi connectivity index (χ1v) is 5.16. The van der Waals surface area contributed by atoms with Gasteiger partial charge in [-0.05, 0) is 13.0 Å². The summed E-state index contributed by atoms with van der Waals surface area (Å²) in [7, 11) is 0. The molecule has 6 heteroatoms. The average Bonchev–Trinajstić information content (AvgIpc) is 2.23. The van der Waals surface area contributed by atoms with E-state index in [1.165, 1.54) is 0 Å². The highest BCUT2D eigenvalue weighted by atomic mass is 16.6. The van der Waals surface area contributed by atoms with Crippen molar-refractivity contribution in [3.05, 3.63) is 0 Å². The number of aliphatic hydroxyl groups excluding tert-OH is 4. The first-order valence-electron chi connectivity index (χ1n) is 5.16. The largest absolute Gasteiger partial charge is 0.388 e. The van der Waals surface area contributed by atoms with Crippen LogP contribution in [0.15, 0.2) is 0 Å². The van der Waals surface area contributed by atoms with Gasteiger partial charge in [0.1, 0.15) is 24.4 Å². The van der Waals surface area contributed by atoms with Gasteiger partial charge in [0.25, 0.3) is 0 Å². The number of hydrogen-bond acceptors (Lipinski definition) is 6. The summed E-state index contributed by atoms with van der Waals surface area (Å²) in [6.45, 7) is 3.09. The molecule has 1 aliphatic heterocycles. The molecule has 0 spiro atoms. The zero-order valence-electron chi connectivity index (χ0n) is 8.71. The molecule has 0 saturated carbocycles. The van der Waals surface area contributed by atoms with Crippen LogP contribution in [0, 0.1) is 0 Å². The summed E-state index contributed by atoms with van der Waals surface area (Å²) >= 11 is 0. The quantitative estimate of drug-likeness (QED) is 0.345. The maximum absolute atomic E-state index is 9.54. The molecule has 0 bridgehead atoms. The summed E-state index contributed by atoms with van der Waals surface area (Å²) in [5.74, 6) is 0. The van der Waals surface area contributed by atoms with Crippen LogP contribution in [0.2, 0.25) is 0 Å². The van der Waals surface area contributed by atoms with Crippen molar-refractivity contribution in [2.45, 2.75) is 44.1 Å². The average molecular weight is 221 g/mol. The zero-order valence-corrected chi connectivity index (χ0v) is 8.71. The molecule has 15 heavy (non-hydrogen) atoms. The molecular formula is C9H19NO5. The lowest BCUT2D eigenvalue weighted by Crippen LogP contribution is -2.59. The van der Waals surface area contributed by atoms with Crippen LogP contribution in [0.25, 0.3) is 0 Å². The van der Waals surface area contributed by atoms with Crippen LogP contribution >= 0.6 is 0 Å². The van der Waals surface area contributed by atoms with Crippen molar-refractivity contribution < 1.29 is 25.2 Å². The molecule has 0 aromatic heterocycles. The van der Waals surface area contributed by atoms with E-state index < -0.39 is 30.7 Å². The van der Waals surface area contributed by atoms with Crippen molar-refractivity contribution in [1.82, 2.24) is 5.32 Å². The third-order valence-electron chi connectivity index (χ3n) is 2.46. The lowest BCUT2D eigenvalue weighted by atomic mass is 9.99. The summed E-state index contributed by atoms with van der Waals surface area (Å²) < 4.78 is 4.96. The molecule has 0 aliphatic carbocycles. The van der Waals surface area contributed by atoms with Gasteiger partial charge in [0, 0.05) is 6.54 Å². The van der Waals surface area contributed by atoms with Crippen LogP contribution < -0.4 is 5.32 Å². The molecule has 1 heterocycles. The Bertz CT molecular complexity index is 191. The number of hydrogen-bond donors (Lipinski definition) is 5. The van der Waals surface area contributed by atoms with Crippen molar-refractivity contribution in [2.75, 3.05) is 13.1 Å². The van der Waals surface area contributed by atoms with E-state index >= 15 is 0 Å². The SMILES string of the molecule is CCCNC[C@H]1O[C@H](O)[C@H](O)[C@@H](O)[C@H]1O. The van der Waals surface area contributed by atoms with E-state index in [4.69, 9.17) is 4.74 Å². The molecule has 1 saturated heterocycles. The minimum atomic E-state index is -1.46. The van der Waals surface area contributed by atoms with E-state index in [1.807, 2.05) is 6.92 Å². The van der Waals surface area contributed by atoms with Crippen molar-refractivity contribution in [3.63, 3.8) is 0 Å². The molecule has 6 nitrogen and oxygen atoms in total. The van der Waals surface area contributed by atoms with Gasteiger partial charge in [-0.25, -0.2) is 0 Å². The van der Waals surface area contributed by atoms with Gasteiger partial charge in [0.05, 0.1) is 0 Å². The van der Waals surface area contributed by atoms with Crippen molar-refractivity contribution in [1.29, 1.82) is 0 Å². The second kappa shape index (κ2) is 5.74. The minimum Gasteiger partial charge on any atom is -0.388 e. The zero-order chi connectivity index (χ0) is 11.4. The van der Waals surface area contributed by atoms with Crippen molar-refractivity contribution in [2.24, 2.45) is 0 Å². The molecular weight excluding hydrogens is 202 g/mol. The molecule has 0 aromatic carbocycles. The Kier molecular flexibility index (Phi) is 4.91. The van der Waals surface area contributed by atoms with Crippen LogP contribution in [0.5, 0.6) is 0 Å². The molecule has 0 aromatic rings. The minimum absolute atomic E-state index is 0.329. The van der Waals surface area contributed by atoms with Gasteiger partial charge in [0.2, 0.25) is 0 Å². The van der Waals surface area contributed by atoms with E-state index in [9.17, 15) is 20.4 Å². The van der Waals surface area contributed by atoms with Crippen LogP contribution in [-0.4, -0.2) is 64.2 Å². The number of ether oxygens (including phenoxy) is 1. The summed E-state index contributed by atoms with van der Waals surface area (Å²) in [5.41, 5.74) is 0. The summed E-state index contributed by atoms with van der Waals surface area (Å²) in [4.78, 5) is 0. The fourth-order valence-corrected chi connectivity index (χ4v) is 1.52. The van der Waals surface area contributed by atoms with Crippen LogP contribution in [0.1, 0.15) is 13.3 Å². The van der Waals surface area contributed by atoms with Crippen LogP contribution in [0.4, 0.5) is 0 Å². The van der Waals surface area contributed by atoms with E-state index in [-0.39, 0.29) is 0 Å². The van der Waals surface area contributed by atoms with Gasteiger partial charge in [-0.15, -0.1) is 0 Å². The second-order valence-electron chi connectivity index (χ2n) is 3.74. The van der Waals surface area contributed by atoms with Gasteiger partial charge in [-0.1, -0.05) is 6.92 Å². The van der Waals surface area contributed by atoms with E-state index in [2.05, 4.69) is 5.32 Å². The molecule has 5 atom stereocenters. The molecule has 0 radical (unpaired) electrons. The standard InChI is InChI=1S/C9H19NO5/c1-2-3-10-4-5-6(11)7(12)8(13)9(14)15-5/h5-14H,2-4H2,1H3/t5-,6+,7+,8-,9+/m1/s1. The van der Waals surface area contributed by atoms with Gasteiger partial charge in [-0.2, -0.15) is 0 Å². The summed E-state index contributed by atoms with van der Waals surface area (Å²) in [6.07, 6.45) is -5.23. The Hall–Kier alpha value is -0.240. The topological polar surface area (TPSA) is 102 Å². The molecule has 0 amide bonds. The number of aliphatic hydroxyl groups is 4. The lowest BCUT2D eigenvalue weighted by Gasteiger charge is -2.38. The first-order chi connectivity index (χ1) is 7.07. The normalized spacial score (nSPS) is 41.8. The van der Waals surface area contributed by atoms with Crippen molar-refractivity contribution in [3.8, 4) is 0 Å². The molecule has 5 N–H and O–H groups in total. The third kappa shape index (κ3) is 3.10. The third-order valence-corrected chi connectivity index (χ3v) is 2.46. The Balaban J connectivity index is 2.43. The van der Waals surface area contributed by atoms with Gasteiger partial charge < -0.3 is 30.5 Å². The fourth-order valence-electron chi connectivity index (χ4n) is 1.52. The lowest BCUT2D eigenvalue weighted by molar-refractivity contribution is -0.280. The van der Waals surface area contributed by atoms with Gasteiger partial charge in [-0.3, -0.25) is 0 Å². The highest BCUT2D eigenvalue weighted by Crippen LogP contribution is 2.19. The Labute approximate surface area is 88.5 Å². The van der Waals surface area contributed by atoms with Gasteiger partial charge >= 0.3 is 0 Å². The maximum Gasteiger partial charge on any atom is 0.184 e. The summed E-state index contributed by atoms with van der Waals surface area (Å²) in [6, 6.07) is 0. The highest BCUT2D eigenvalue weighted by molar-refractivity contribution is 4.89. The van der Waals surface area contributed by atoms with Crippen LogP contribution in [0.3, 0.4) is 0 Å². The Morgan fingerprint density at radius 1 is 1.07 bits per heavy atom. The van der Waals surface area contributed by atoms with E-state index in [1.54, 1.807) is 0 Å². The summed E-state index contributed by atoms with van der Waals surface area (Å²) in [5, 5.41) is 40.3. The Morgan fingerprint density at radius 2 is 1.73 bits per heavy atom. The van der Waals surface area contributed by atoms with E-state index in [0.29, 0.717) is 6.54 Å².